The number of anilines is 2. The summed E-state index contributed by atoms with van der Waals surface area (Å²) in [6.45, 7) is 0.0483. The average molecular weight is 231 g/mol. The molecule has 1 aromatic rings. The molecule has 0 bridgehead atoms. The van der Waals surface area contributed by atoms with Crippen molar-refractivity contribution in [3.8, 4) is 0 Å². The number of nitrogen functional groups attached to an aromatic ring is 1. The third-order valence-corrected chi connectivity index (χ3v) is 2.12. The van der Waals surface area contributed by atoms with Crippen LogP contribution in [-0.4, -0.2) is 36.6 Å². The Bertz CT molecular complexity index is 372. The van der Waals surface area contributed by atoms with E-state index in [1.54, 1.807) is 7.05 Å². The Kier molecular flexibility index (Phi) is 3.68. The van der Waals surface area contributed by atoms with Crippen LogP contribution in [0.3, 0.4) is 0 Å². The lowest BCUT2D eigenvalue weighted by molar-refractivity contribution is -0.138. The third-order valence-electron chi connectivity index (χ3n) is 1.75. The number of carbonyl (C=O) groups is 1. The van der Waals surface area contributed by atoms with E-state index in [1.807, 2.05) is 0 Å². The van der Waals surface area contributed by atoms with Crippen molar-refractivity contribution >= 4 is 29.2 Å². The predicted octanol–water partition coefficient (Wildman–Crippen LogP) is 0.321. The molecule has 0 saturated carbocycles. The van der Waals surface area contributed by atoms with E-state index in [-0.39, 0.29) is 23.4 Å². The molecule has 0 radical (unpaired) electrons. The fourth-order valence-electron chi connectivity index (χ4n) is 0.973. The molecule has 0 fully saturated rings. The van der Waals surface area contributed by atoms with Gasteiger partial charge < -0.3 is 15.4 Å². The summed E-state index contributed by atoms with van der Waals surface area (Å²) >= 11 is 5.87. The molecule has 0 aliphatic carbocycles. The van der Waals surface area contributed by atoms with Gasteiger partial charge in [-0.3, -0.25) is 4.79 Å². The number of hydrogen-bond donors (Lipinski definition) is 1. The highest BCUT2D eigenvalue weighted by atomic mass is 35.5. The zero-order chi connectivity index (χ0) is 11.4. The van der Waals surface area contributed by atoms with Gasteiger partial charge in [-0.25, -0.2) is 9.97 Å². The van der Waals surface area contributed by atoms with Crippen molar-refractivity contribution in [2.45, 2.75) is 0 Å². The average Bonchev–Trinajstić information content (AvgIpc) is 2.21. The first-order chi connectivity index (χ1) is 7.06. The van der Waals surface area contributed by atoms with Gasteiger partial charge in [0, 0.05) is 7.05 Å². The number of methoxy groups -OCH3 is 1. The molecule has 0 atom stereocenters. The van der Waals surface area contributed by atoms with E-state index in [1.165, 1.54) is 18.3 Å². The molecule has 1 aromatic heterocycles. The van der Waals surface area contributed by atoms with E-state index >= 15 is 0 Å². The van der Waals surface area contributed by atoms with E-state index in [2.05, 4.69) is 14.7 Å². The van der Waals surface area contributed by atoms with E-state index in [9.17, 15) is 4.79 Å². The maximum atomic E-state index is 11.0. The molecule has 0 unspecified atom stereocenters. The monoisotopic (exact) mass is 230 g/mol. The van der Waals surface area contributed by atoms with Crippen LogP contribution in [0.2, 0.25) is 5.02 Å². The van der Waals surface area contributed by atoms with Gasteiger partial charge in [0.25, 0.3) is 0 Å². The van der Waals surface area contributed by atoms with Gasteiger partial charge in [0.1, 0.15) is 23.7 Å². The second-order valence-corrected chi connectivity index (χ2v) is 3.21. The molecule has 7 heteroatoms. The maximum Gasteiger partial charge on any atom is 0.325 e. The van der Waals surface area contributed by atoms with Crippen LogP contribution in [0.5, 0.6) is 0 Å². The first-order valence-electron chi connectivity index (χ1n) is 4.10. The number of halogens is 1. The Morgan fingerprint density at radius 2 is 2.33 bits per heavy atom. The van der Waals surface area contributed by atoms with Gasteiger partial charge in [-0.2, -0.15) is 0 Å². The van der Waals surface area contributed by atoms with Crippen LogP contribution in [0, 0.1) is 0 Å². The van der Waals surface area contributed by atoms with E-state index in [0.29, 0.717) is 5.82 Å². The Morgan fingerprint density at radius 1 is 1.67 bits per heavy atom. The number of hydrogen-bond acceptors (Lipinski definition) is 6. The summed E-state index contributed by atoms with van der Waals surface area (Å²) in [6, 6.07) is 0. The number of rotatable bonds is 3. The standard InChI is InChI=1S/C8H11ClN4O2/c1-13(3-5(14)15-2)8-6(9)7(10)11-4-12-8/h4H,3H2,1-2H3,(H2,10,11,12). The van der Waals surface area contributed by atoms with Gasteiger partial charge in [0.2, 0.25) is 0 Å². The smallest absolute Gasteiger partial charge is 0.325 e. The van der Waals surface area contributed by atoms with Crippen LogP contribution >= 0.6 is 11.6 Å². The number of carbonyl (C=O) groups excluding carboxylic acids is 1. The van der Waals surface area contributed by atoms with Gasteiger partial charge >= 0.3 is 5.97 Å². The molecule has 2 N–H and O–H groups in total. The lowest BCUT2D eigenvalue weighted by Gasteiger charge is -2.17. The quantitative estimate of drug-likeness (QED) is 0.754. The Morgan fingerprint density at radius 3 is 2.93 bits per heavy atom. The van der Waals surface area contributed by atoms with E-state index in [0.717, 1.165) is 0 Å². The topological polar surface area (TPSA) is 81.3 Å². The van der Waals surface area contributed by atoms with Crippen molar-refractivity contribution in [2.24, 2.45) is 0 Å². The summed E-state index contributed by atoms with van der Waals surface area (Å²) in [7, 11) is 2.97. The van der Waals surface area contributed by atoms with Crippen molar-refractivity contribution in [3.63, 3.8) is 0 Å². The Labute approximate surface area is 92.0 Å². The van der Waals surface area contributed by atoms with Gasteiger partial charge in [-0.05, 0) is 0 Å². The van der Waals surface area contributed by atoms with E-state index in [4.69, 9.17) is 17.3 Å². The number of nitrogens with zero attached hydrogens (tertiary/aromatic N) is 3. The first kappa shape index (κ1) is 11.5. The summed E-state index contributed by atoms with van der Waals surface area (Å²) in [5, 5.41) is 0.226. The molecule has 82 valence electrons. The van der Waals surface area contributed by atoms with Crippen LogP contribution in [0.4, 0.5) is 11.6 Å². The van der Waals surface area contributed by atoms with Gasteiger partial charge in [0.05, 0.1) is 7.11 Å². The summed E-state index contributed by atoms with van der Waals surface area (Å²) in [6.07, 6.45) is 1.28. The van der Waals surface area contributed by atoms with Crippen LogP contribution in [-0.2, 0) is 9.53 Å². The number of likely N-dealkylation sites (N-methyl/N-ethyl adjacent to an activating group) is 1. The SMILES string of the molecule is COC(=O)CN(C)c1ncnc(N)c1Cl. The second kappa shape index (κ2) is 4.79. The third kappa shape index (κ3) is 2.69. The molecule has 0 saturated heterocycles. The highest BCUT2D eigenvalue weighted by Crippen LogP contribution is 2.25. The van der Waals surface area contributed by atoms with E-state index < -0.39 is 0 Å². The minimum atomic E-state index is -0.384. The fraction of sp³-hybridized carbons (Fsp3) is 0.375. The number of ether oxygens (including phenoxy) is 1. The molecule has 0 aromatic carbocycles. The first-order valence-corrected chi connectivity index (χ1v) is 4.48. The number of aromatic nitrogens is 2. The lowest BCUT2D eigenvalue weighted by atomic mass is 10.4. The minimum absolute atomic E-state index is 0.0483. The van der Waals surface area contributed by atoms with Gasteiger partial charge in [0.15, 0.2) is 5.82 Å². The zero-order valence-electron chi connectivity index (χ0n) is 8.40. The zero-order valence-corrected chi connectivity index (χ0v) is 9.15. The largest absolute Gasteiger partial charge is 0.468 e. The summed E-state index contributed by atoms with van der Waals surface area (Å²) in [5.74, 6) is 0.193. The highest BCUT2D eigenvalue weighted by Gasteiger charge is 2.13. The normalized spacial score (nSPS) is 9.80. The maximum absolute atomic E-state index is 11.0. The number of nitrogens with two attached hydrogens (primary N) is 1. The molecule has 0 spiro atoms. The summed E-state index contributed by atoms with van der Waals surface area (Å²) < 4.78 is 4.51. The summed E-state index contributed by atoms with van der Waals surface area (Å²) in [5.41, 5.74) is 5.50. The van der Waals surface area contributed by atoms with Crippen molar-refractivity contribution in [1.82, 2.24) is 9.97 Å². The van der Waals surface area contributed by atoms with Crippen LogP contribution in [0.25, 0.3) is 0 Å². The molecule has 1 rings (SSSR count). The molecule has 0 amide bonds. The van der Waals surface area contributed by atoms with Crippen molar-refractivity contribution in [2.75, 3.05) is 31.3 Å². The van der Waals surface area contributed by atoms with Gasteiger partial charge in [-0.15, -0.1) is 0 Å². The minimum Gasteiger partial charge on any atom is -0.468 e. The predicted molar refractivity (Wildman–Crippen MR) is 56.7 cm³/mol. The molecule has 6 nitrogen and oxygen atoms in total. The van der Waals surface area contributed by atoms with Crippen molar-refractivity contribution in [3.05, 3.63) is 11.3 Å². The highest BCUT2D eigenvalue weighted by molar-refractivity contribution is 6.35. The lowest BCUT2D eigenvalue weighted by Crippen LogP contribution is -2.27. The van der Waals surface area contributed by atoms with Crippen LogP contribution in [0.15, 0.2) is 6.33 Å². The van der Waals surface area contributed by atoms with Crippen LogP contribution in [0.1, 0.15) is 0 Å². The molecular formula is C8H11ClN4O2. The second-order valence-electron chi connectivity index (χ2n) is 2.83. The van der Waals surface area contributed by atoms with Gasteiger partial charge in [-0.1, -0.05) is 11.6 Å². The molecule has 15 heavy (non-hydrogen) atoms. The molecular weight excluding hydrogens is 220 g/mol. The Hall–Kier alpha value is -1.56. The molecule has 1 heterocycles. The Balaban J connectivity index is 2.86. The summed E-state index contributed by atoms with van der Waals surface area (Å²) in [4.78, 5) is 20.2. The van der Waals surface area contributed by atoms with Crippen molar-refractivity contribution < 1.29 is 9.53 Å². The molecule has 0 aliphatic rings. The number of esters is 1. The van der Waals surface area contributed by atoms with Crippen molar-refractivity contribution in [1.29, 1.82) is 0 Å². The fourth-order valence-corrected chi connectivity index (χ4v) is 1.21. The molecule has 0 aliphatic heterocycles. The van der Waals surface area contributed by atoms with Crippen LogP contribution < -0.4 is 10.6 Å².